The summed E-state index contributed by atoms with van der Waals surface area (Å²) in [5.74, 6) is 1.27. The predicted molar refractivity (Wildman–Crippen MR) is 86.0 cm³/mol. The molecule has 0 unspecified atom stereocenters. The van der Waals surface area contributed by atoms with Crippen LogP contribution in [0.2, 0.25) is 0 Å². The first-order valence-corrected chi connectivity index (χ1v) is 7.38. The molecule has 21 heavy (non-hydrogen) atoms. The van der Waals surface area contributed by atoms with Crippen LogP contribution >= 0.6 is 0 Å². The van der Waals surface area contributed by atoms with Gasteiger partial charge < -0.3 is 15.6 Å². The largest absolute Gasteiger partial charge is 0.507 e. The van der Waals surface area contributed by atoms with E-state index in [1.807, 2.05) is 50.2 Å². The summed E-state index contributed by atoms with van der Waals surface area (Å²) in [5, 5.41) is 10.3. The summed E-state index contributed by atoms with van der Waals surface area (Å²) in [4.78, 5) is 0. The third-order valence-corrected chi connectivity index (χ3v) is 3.62. The third-order valence-electron chi connectivity index (χ3n) is 3.62. The van der Waals surface area contributed by atoms with Crippen molar-refractivity contribution in [3.63, 3.8) is 0 Å². The Kier molecular flexibility index (Phi) is 5.23. The van der Waals surface area contributed by atoms with Crippen molar-refractivity contribution in [2.24, 2.45) is 5.73 Å². The topological polar surface area (TPSA) is 55.5 Å². The molecule has 0 spiro atoms. The number of aryl methyl sites for hydroxylation is 2. The lowest BCUT2D eigenvalue weighted by molar-refractivity contribution is 0.323. The summed E-state index contributed by atoms with van der Waals surface area (Å²) in [7, 11) is 0. The number of benzene rings is 2. The first kappa shape index (κ1) is 15.4. The van der Waals surface area contributed by atoms with E-state index in [0.717, 1.165) is 34.4 Å². The molecule has 3 heteroatoms. The molecule has 3 N–H and O–H groups in total. The van der Waals surface area contributed by atoms with E-state index in [1.54, 1.807) is 0 Å². The van der Waals surface area contributed by atoms with Gasteiger partial charge in [-0.05, 0) is 35.6 Å². The number of hydrogen-bond donors (Lipinski definition) is 2. The number of ether oxygens (including phenoxy) is 1. The molecular formula is C18H23NO2. The van der Waals surface area contributed by atoms with Gasteiger partial charge in [0, 0.05) is 13.0 Å². The molecule has 0 aliphatic carbocycles. The Labute approximate surface area is 126 Å². The van der Waals surface area contributed by atoms with Gasteiger partial charge in [0.15, 0.2) is 0 Å². The zero-order chi connectivity index (χ0) is 15.2. The molecular weight excluding hydrogens is 262 g/mol. The maximum absolute atomic E-state index is 10.3. The van der Waals surface area contributed by atoms with E-state index in [-0.39, 0.29) is 0 Å². The predicted octanol–water partition coefficient (Wildman–Crippen LogP) is 3.19. The van der Waals surface area contributed by atoms with Gasteiger partial charge in [0.05, 0.1) is 0 Å². The molecule has 3 nitrogen and oxygen atoms in total. The van der Waals surface area contributed by atoms with Crippen molar-refractivity contribution < 1.29 is 9.84 Å². The van der Waals surface area contributed by atoms with E-state index in [2.05, 4.69) is 0 Å². The van der Waals surface area contributed by atoms with E-state index in [0.29, 0.717) is 25.3 Å². The maximum atomic E-state index is 10.3. The fourth-order valence-corrected chi connectivity index (χ4v) is 2.50. The van der Waals surface area contributed by atoms with Gasteiger partial charge in [-0.25, -0.2) is 0 Å². The smallest absolute Gasteiger partial charge is 0.125 e. The minimum absolute atomic E-state index is 0.395. The van der Waals surface area contributed by atoms with E-state index in [1.165, 1.54) is 0 Å². The minimum Gasteiger partial charge on any atom is -0.507 e. The van der Waals surface area contributed by atoms with E-state index >= 15 is 0 Å². The number of aromatic hydroxyl groups is 1. The molecule has 0 amide bonds. The molecule has 0 aliphatic heterocycles. The van der Waals surface area contributed by atoms with Crippen LogP contribution in [0.25, 0.3) is 0 Å². The van der Waals surface area contributed by atoms with Gasteiger partial charge in [-0.2, -0.15) is 0 Å². The third kappa shape index (κ3) is 3.56. The molecule has 0 radical (unpaired) electrons. The van der Waals surface area contributed by atoms with Crippen LogP contribution in [0.15, 0.2) is 36.4 Å². The van der Waals surface area contributed by atoms with Gasteiger partial charge in [-0.1, -0.05) is 43.3 Å². The van der Waals surface area contributed by atoms with Crippen LogP contribution in [0.1, 0.15) is 29.2 Å². The minimum atomic E-state index is 0.395. The van der Waals surface area contributed by atoms with E-state index in [4.69, 9.17) is 10.5 Å². The highest BCUT2D eigenvalue weighted by molar-refractivity contribution is 5.48. The molecule has 2 aromatic carbocycles. The van der Waals surface area contributed by atoms with Gasteiger partial charge in [-0.15, -0.1) is 0 Å². The fourth-order valence-electron chi connectivity index (χ4n) is 2.50. The fraction of sp³-hybridized carbons (Fsp3) is 0.333. The van der Waals surface area contributed by atoms with Crippen molar-refractivity contribution in [1.82, 2.24) is 0 Å². The Morgan fingerprint density at radius 2 is 1.71 bits per heavy atom. The lowest BCUT2D eigenvalue weighted by atomic mass is 9.98. The SMILES string of the molecule is CCc1cccc(Cc2cccc(C)c2OCCN)c1O. The molecule has 0 aliphatic rings. The molecule has 0 atom stereocenters. The second-order valence-electron chi connectivity index (χ2n) is 5.16. The van der Waals surface area contributed by atoms with Gasteiger partial charge in [0.2, 0.25) is 0 Å². The van der Waals surface area contributed by atoms with Crippen LogP contribution in [0.5, 0.6) is 11.5 Å². The second kappa shape index (κ2) is 7.14. The normalized spacial score (nSPS) is 10.6. The highest BCUT2D eigenvalue weighted by Crippen LogP contribution is 2.30. The summed E-state index contributed by atoms with van der Waals surface area (Å²) >= 11 is 0. The maximum Gasteiger partial charge on any atom is 0.125 e. The van der Waals surface area contributed by atoms with Gasteiger partial charge in [0.1, 0.15) is 18.1 Å². The average Bonchev–Trinajstić information content (AvgIpc) is 2.49. The lowest BCUT2D eigenvalue weighted by Gasteiger charge is -2.15. The summed E-state index contributed by atoms with van der Waals surface area (Å²) in [6.45, 7) is 5.06. The standard InChI is InChI=1S/C18H23NO2/c1-3-14-7-5-8-15(17(14)20)12-16-9-4-6-13(2)18(16)21-11-10-19/h4-9,20H,3,10-12,19H2,1-2H3. The van der Waals surface area contributed by atoms with E-state index in [9.17, 15) is 5.11 Å². The van der Waals surface area contributed by atoms with Crippen molar-refractivity contribution in [2.45, 2.75) is 26.7 Å². The zero-order valence-corrected chi connectivity index (χ0v) is 12.7. The van der Waals surface area contributed by atoms with Crippen molar-refractivity contribution in [1.29, 1.82) is 0 Å². The Bertz CT molecular complexity index is 608. The number of phenolic OH excluding ortho intramolecular Hbond substituents is 1. The van der Waals surface area contributed by atoms with Crippen LogP contribution in [0.3, 0.4) is 0 Å². The van der Waals surface area contributed by atoms with Crippen LogP contribution in [0.4, 0.5) is 0 Å². The first-order chi connectivity index (χ1) is 10.2. The highest BCUT2D eigenvalue weighted by atomic mass is 16.5. The molecule has 0 aromatic heterocycles. The Morgan fingerprint density at radius 3 is 2.43 bits per heavy atom. The molecule has 0 saturated heterocycles. The molecule has 112 valence electrons. The number of hydrogen-bond acceptors (Lipinski definition) is 3. The van der Waals surface area contributed by atoms with Gasteiger partial charge >= 0.3 is 0 Å². The Balaban J connectivity index is 2.33. The summed E-state index contributed by atoms with van der Waals surface area (Å²) in [6, 6.07) is 12.0. The van der Waals surface area contributed by atoms with Crippen molar-refractivity contribution in [3.8, 4) is 11.5 Å². The van der Waals surface area contributed by atoms with E-state index < -0.39 is 0 Å². The van der Waals surface area contributed by atoms with Gasteiger partial charge in [-0.3, -0.25) is 0 Å². The molecule has 0 heterocycles. The Hall–Kier alpha value is -2.00. The van der Waals surface area contributed by atoms with Gasteiger partial charge in [0.25, 0.3) is 0 Å². The average molecular weight is 285 g/mol. The van der Waals surface area contributed by atoms with Crippen LogP contribution in [-0.4, -0.2) is 18.3 Å². The van der Waals surface area contributed by atoms with Crippen LogP contribution in [-0.2, 0) is 12.8 Å². The molecule has 0 bridgehead atoms. The number of rotatable bonds is 6. The highest BCUT2D eigenvalue weighted by Gasteiger charge is 2.11. The summed E-state index contributed by atoms with van der Waals surface area (Å²) in [6.07, 6.45) is 1.48. The van der Waals surface area contributed by atoms with Crippen molar-refractivity contribution in [2.75, 3.05) is 13.2 Å². The van der Waals surface area contributed by atoms with Crippen LogP contribution in [0, 0.1) is 6.92 Å². The summed E-state index contributed by atoms with van der Waals surface area (Å²) in [5.41, 5.74) is 9.60. The zero-order valence-electron chi connectivity index (χ0n) is 12.7. The first-order valence-electron chi connectivity index (χ1n) is 7.38. The number of nitrogens with two attached hydrogens (primary N) is 1. The lowest BCUT2D eigenvalue weighted by Crippen LogP contribution is -2.12. The van der Waals surface area contributed by atoms with Crippen LogP contribution < -0.4 is 10.5 Å². The van der Waals surface area contributed by atoms with Crippen molar-refractivity contribution >= 4 is 0 Å². The molecule has 0 fully saturated rings. The molecule has 2 rings (SSSR count). The summed E-state index contributed by atoms with van der Waals surface area (Å²) < 4.78 is 5.78. The number of phenols is 1. The molecule has 0 saturated carbocycles. The molecule has 2 aromatic rings. The Morgan fingerprint density at radius 1 is 1.05 bits per heavy atom. The quantitative estimate of drug-likeness (QED) is 0.857. The second-order valence-corrected chi connectivity index (χ2v) is 5.16. The number of para-hydroxylation sites is 2. The monoisotopic (exact) mass is 285 g/mol. The van der Waals surface area contributed by atoms with Crippen molar-refractivity contribution in [3.05, 3.63) is 58.7 Å².